The van der Waals surface area contributed by atoms with E-state index in [1.165, 1.54) is 12.1 Å². The van der Waals surface area contributed by atoms with E-state index in [9.17, 15) is 9.18 Å². The predicted molar refractivity (Wildman–Crippen MR) is 99.8 cm³/mol. The Morgan fingerprint density at radius 3 is 2.44 bits per heavy atom. The lowest BCUT2D eigenvalue weighted by atomic mass is 10.2. The molecule has 132 valence electrons. The molecule has 0 saturated carbocycles. The lowest BCUT2D eigenvalue weighted by Gasteiger charge is -2.28. The molecule has 1 aliphatic heterocycles. The topological polar surface area (TPSA) is 41.6 Å². The van der Waals surface area contributed by atoms with Crippen LogP contribution in [0.4, 0.5) is 15.8 Å². The first kappa shape index (κ1) is 17.8. The number of amides is 1. The van der Waals surface area contributed by atoms with Crippen LogP contribution in [0.5, 0.6) is 0 Å². The number of carbonyl (C=O) groups is 1. The lowest BCUT2D eigenvalue weighted by molar-refractivity contribution is -0.115. The van der Waals surface area contributed by atoms with Gasteiger partial charge in [0.15, 0.2) is 0 Å². The molecule has 1 aliphatic rings. The Morgan fingerprint density at radius 2 is 1.76 bits per heavy atom. The molecule has 25 heavy (non-hydrogen) atoms. The number of thioether (sulfide) groups is 1. The second-order valence-electron chi connectivity index (χ2n) is 5.75. The summed E-state index contributed by atoms with van der Waals surface area (Å²) in [4.78, 5) is 15.3. The van der Waals surface area contributed by atoms with Crippen molar-refractivity contribution in [1.82, 2.24) is 0 Å². The van der Waals surface area contributed by atoms with Gasteiger partial charge in [0, 0.05) is 41.5 Å². The summed E-state index contributed by atoms with van der Waals surface area (Å²) in [5.74, 6) is 0.389. The highest BCUT2D eigenvalue weighted by Crippen LogP contribution is 2.21. The van der Waals surface area contributed by atoms with Crippen molar-refractivity contribution in [3.05, 3.63) is 54.3 Å². The van der Waals surface area contributed by atoms with E-state index in [1.54, 1.807) is 23.9 Å². The van der Waals surface area contributed by atoms with Crippen molar-refractivity contribution in [3.8, 4) is 0 Å². The molecule has 0 aliphatic carbocycles. The quantitative estimate of drug-likeness (QED) is 0.796. The highest BCUT2D eigenvalue weighted by Gasteiger charge is 2.11. The van der Waals surface area contributed by atoms with Crippen LogP contribution in [0.2, 0.25) is 0 Å². The molecule has 1 N–H and O–H groups in total. The highest BCUT2D eigenvalue weighted by molar-refractivity contribution is 7.99. The zero-order chi connectivity index (χ0) is 17.5. The zero-order valence-electron chi connectivity index (χ0n) is 13.9. The summed E-state index contributed by atoms with van der Waals surface area (Å²) in [5.41, 5.74) is 1.95. The summed E-state index contributed by atoms with van der Waals surface area (Å²) in [7, 11) is 0. The van der Waals surface area contributed by atoms with Crippen LogP contribution < -0.4 is 10.2 Å². The summed E-state index contributed by atoms with van der Waals surface area (Å²) in [5, 5.41) is 2.91. The van der Waals surface area contributed by atoms with Crippen molar-refractivity contribution >= 4 is 29.0 Å². The number of morpholine rings is 1. The van der Waals surface area contributed by atoms with Crippen LogP contribution in [-0.4, -0.2) is 38.0 Å². The molecule has 2 aromatic rings. The Labute approximate surface area is 151 Å². The van der Waals surface area contributed by atoms with Gasteiger partial charge in [0.1, 0.15) is 5.82 Å². The van der Waals surface area contributed by atoms with Crippen molar-refractivity contribution in [3.63, 3.8) is 0 Å². The third-order valence-corrected chi connectivity index (χ3v) is 4.95. The third kappa shape index (κ3) is 5.47. The Morgan fingerprint density at radius 1 is 1.08 bits per heavy atom. The maximum absolute atomic E-state index is 12.8. The number of carbonyl (C=O) groups excluding carboxylic acids is 1. The minimum Gasteiger partial charge on any atom is -0.378 e. The smallest absolute Gasteiger partial charge is 0.225 e. The van der Waals surface area contributed by atoms with E-state index in [2.05, 4.69) is 10.2 Å². The first-order valence-electron chi connectivity index (χ1n) is 8.32. The van der Waals surface area contributed by atoms with Crippen LogP contribution in [0, 0.1) is 5.82 Å². The fourth-order valence-corrected chi connectivity index (χ4v) is 3.44. The largest absolute Gasteiger partial charge is 0.378 e. The Kier molecular flexibility index (Phi) is 6.30. The normalized spacial score (nSPS) is 14.4. The molecule has 1 saturated heterocycles. The molecule has 0 radical (unpaired) electrons. The maximum Gasteiger partial charge on any atom is 0.225 e. The predicted octanol–water partition coefficient (Wildman–Crippen LogP) is 3.78. The molecule has 0 spiro atoms. The molecule has 4 nitrogen and oxygen atoms in total. The third-order valence-electron chi connectivity index (χ3n) is 3.94. The van der Waals surface area contributed by atoms with E-state index in [-0.39, 0.29) is 11.7 Å². The molecule has 0 aromatic heterocycles. The molecule has 0 atom stereocenters. The van der Waals surface area contributed by atoms with Crippen LogP contribution >= 0.6 is 11.8 Å². The lowest BCUT2D eigenvalue weighted by Crippen LogP contribution is -2.36. The monoisotopic (exact) mass is 360 g/mol. The Bertz CT molecular complexity index is 686. The first-order valence-corrected chi connectivity index (χ1v) is 9.30. The molecule has 0 bridgehead atoms. The molecular weight excluding hydrogens is 339 g/mol. The Hall–Kier alpha value is -2.05. The van der Waals surface area contributed by atoms with E-state index >= 15 is 0 Å². The van der Waals surface area contributed by atoms with Crippen LogP contribution in [-0.2, 0) is 9.53 Å². The standard InChI is InChI=1S/C19H21FN2O2S/c20-15-1-7-18(8-2-15)25-14-9-19(23)21-16-3-5-17(6-4-16)22-10-12-24-13-11-22/h1-8H,9-14H2,(H,21,23). The molecule has 3 rings (SSSR count). The van der Waals surface area contributed by atoms with Crippen molar-refractivity contribution in [2.45, 2.75) is 11.3 Å². The first-order chi connectivity index (χ1) is 12.2. The number of nitrogens with zero attached hydrogens (tertiary/aromatic N) is 1. The molecule has 1 fully saturated rings. The SMILES string of the molecule is O=C(CCSc1ccc(F)cc1)Nc1ccc(N2CCOCC2)cc1. The van der Waals surface area contributed by atoms with Crippen LogP contribution in [0.15, 0.2) is 53.4 Å². The summed E-state index contributed by atoms with van der Waals surface area (Å²) >= 11 is 1.54. The van der Waals surface area contributed by atoms with E-state index in [0.29, 0.717) is 12.2 Å². The number of rotatable bonds is 6. The van der Waals surface area contributed by atoms with Gasteiger partial charge >= 0.3 is 0 Å². The van der Waals surface area contributed by atoms with E-state index in [1.807, 2.05) is 24.3 Å². The average molecular weight is 360 g/mol. The number of benzene rings is 2. The van der Waals surface area contributed by atoms with Gasteiger partial charge in [-0.05, 0) is 48.5 Å². The fraction of sp³-hybridized carbons (Fsp3) is 0.316. The van der Waals surface area contributed by atoms with Gasteiger partial charge in [0.2, 0.25) is 5.91 Å². The molecule has 1 heterocycles. The Balaban J connectivity index is 1.43. The van der Waals surface area contributed by atoms with Gasteiger partial charge in [-0.15, -0.1) is 11.8 Å². The summed E-state index contributed by atoms with van der Waals surface area (Å²) in [6.07, 6.45) is 0.410. The second-order valence-corrected chi connectivity index (χ2v) is 6.92. The maximum atomic E-state index is 12.8. The van der Waals surface area contributed by atoms with Crippen LogP contribution in [0.25, 0.3) is 0 Å². The molecule has 6 heteroatoms. The van der Waals surface area contributed by atoms with Gasteiger partial charge in [0.25, 0.3) is 0 Å². The van der Waals surface area contributed by atoms with Gasteiger partial charge in [0.05, 0.1) is 13.2 Å². The molecular formula is C19H21FN2O2S. The number of ether oxygens (including phenoxy) is 1. The fourth-order valence-electron chi connectivity index (χ4n) is 2.59. The minimum atomic E-state index is -0.248. The molecule has 0 unspecified atom stereocenters. The van der Waals surface area contributed by atoms with Crippen molar-refractivity contribution < 1.29 is 13.9 Å². The van der Waals surface area contributed by atoms with Gasteiger partial charge in [-0.3, -0.25) is 4.79 Å². The molecule has 1 amide bonds. The molecule has 2 aromatic carbocycles. The number of hydrogen-bond donors (Lipinski definition) is 1. The van der Waals surface area contributed by atoms with E-state index in [0.717, 1.165) is 42.6 Å². The second kappa shape index (κ2) is 8.87. The average Bonchev–Trinajstić information content (AvgIpc) is 2.65. The van der Waals surface area contributed by atoms with Crippen molar-refractivity contribution in [2.24, 2.45) is 0 Å². The zero-order valence-corrected chi connectivity index (χ0v) is 14.7. The number of halogens is 1. The number of nitrogens with one attached hydrogen (secondary N) is 1. The van der Waals surface area contributed by atoms with Crippen molar-refractivity contribution in [2.75, 3.05) is 42.3 Å². The van der Waals surface area contributed by atoms with Crippen LogP contribution in [0.1, 0.15) is 6.42 Å². The van der Waals surface area contributed by atoms with Gasteiger partial charge in [-0.25, -0.2) is 4.39 Å². The van der Waals surface area contributed by atoms with E-state index in [4.69, 9.17) is 4.74 Å². The summed E-state index contributed by atoms with van der Waals surface area (Å²) < 4.78 is 18.2. The minimum absolute atomic E-state index is 0.0197. The van der Waals surface area contributed by atoms with Crippen LogP contribution in [0.3, 0.4) is 0 Å². The van der Waals surface area contributed by atoms with Gasteiger partial charge in [-0.2, -0.15) is 0 Å². The summed E-state index contributed by atoms with van der Waals surface area (Å²) in [6, 6.07) is 14.2. The number of anilines is 2. The summed E-state index contributed by atoms with van der Waals surface area (Å²) in [6.45, 7) is 3.30. The van der Waals surface area contributed by atoms with Gasteiger partial charge in [-0.1, -0.05) is 0 Å². The van der Waals surface area contributed by atoms with Crippen molar-refractivity contribution in [1.29, 1.82) is 0 Å². The van der Waals surface area contributed by atoms with Gasteiger partial charge < -0.3 is 15.0 Å². The highest BCUT2D eigenvalue weighted by atomic mass is 32.2. The number of hydrogen-bond acceptors (Lipinski definition) is 4. The van der Waals surface area contributed by atoms with E-state index < -0.39 is 0 Å².